The van der Waals surface area contributed by atoms with Crippen molar-refractivity contribution in [3.8, 4) is 11.1 Å². The van der Waals surface area contributed by atoms with Crippen LogP contribution in [0.3, 0.4) is 0 Å². The minimum atomic E-state index is 0.456. The fourth-order valence-electron chi connectivity index (χ4n) is 5.92. The summed E-state index contributed by atoms with van der Waals surface area (Å²) in [6, 6.07) is 18.5. The molecule has 2 aromatic rings. The van der Waals surface area contributed by atoms with Crippen LogP contribution in [0.2, 0.25) is 0 Å². The van der Waals surface area contributed by atoms with Gasteiger partial charge >= 0.3 is 0 Å². The van der Waals surface area contributed by atoms with Gasteiger partial charge in [-0.1, -0.05) is 117 Å². The van der Waals surface area contributed by atoms with Crippen molar-refractivity contribution in [2.45, 2.75) is 105 Å². The van der Waals surface area contributed by atoms with E-state index in [1.807, 2.05) is 55.4 Å². The summed E-state index contributed by atoms with van der Waals surface area (Å²) in [4.78, 5) is 0. The third kappa shape index (κ3) is 3.56. The molecule has 3 aliphatic carbocycles. The summed E-state index contributed by atoms with van der Waals surface area (Å²) in [5.74, 6) is 0. The molecule has 0 atom stereocenters. The van der Waals surface area contributed by atoms with E-state index in [-0.39, 0.29) is 0 Å². The molecule has 2 saturated carbocycles. The predicted octanol–water partition coefficient (Wildman–Crippen LogP) is 9.32. The third-order valence-corrected chi connectivity index (χ3v) is 6.51. The van der Waals surface area contributed by atoms with Crippen LogP contribution in [0.4, 0.5) is 0 Å². The SMILES string of the molecule is CC.CC.CC.CC.c1ccc2c(c1)-c1ccccc1C13CCCC21CCC3. The molecule has 0 aromatic heterocycles. The summed E-state index contributed by atoms with van der Waals surface area (Å²) >= 11 is 0. The first kappa shape index (κ1) is 24.5. The van der Waals surface area contributed by atoms with Gasteiger partial charge in [-0.3, -0.25) is 0 Å². The van der Waals surface area contributed by atoms with Crippen LogP contribution in [0.5, 0.6) is 0 Å². The monoisotopic (exact) mass is 380 g/mol. The summed E-state index contributed by atoms with van der Waals surface area (Å²) in [7, 11) is 0. The van der Waals surface area contributed by atoms with Crippen molar-refractivity contribution in [1.29, 1.82) is 0 Å². The molecule has 5 rings (SSSR count). The lowest BCUT2D eigenvalue weighted by Crippen LogP contribution is -2.43. The van der Waals surface area contributed by atoms with Gasteiger partial charge in [0.25, 0.3) is 0 Å². The molecule has 0 radical (unpaired) electrons. The number of rotatable bonds is 0. The molecule has 0 N–H and O–H groups in total. The fraction of sp³-hybridized carbons (Fsp3) is 0.571. The molecule has 0 amide bonds. The Morgan fingerprint density at radius 1 is 0.464 bits per heavy atom. The fourth-order valence-corrected chi connectivity index (χ4v) is 5.92. The van der Waals surface area contributed by atoms with Crippen LogP contribution in [0.15, 0.2) is 48.5 Å². The Morgan fingerprint density at radius 3 is 1.07 bits per heavy atom. The first-order chi connectivity index (χ1) is 13.9. The van der Waals surface area contributed by atoms with Crippen LogP contribution in [0.25, 0.3) is 11.1 Å². The number of hydrogen-bond acceptors (Lipinski definition) is 0. The number of hydrogen-bond donors (Lipinski definition) is 0. The number of fused-ring (bicyclic) bond motifs is 3. The molecule has 2 fully saturated rings. The summed E-state index contributed by atoms with van der Waals surface area (Å²) in [5.41, 5.74) is 7.27. The molecule has 0 bridgehead atoms. The van der Waals surface area contributed by atoms with Crippen molar-refractivity contribution in [3.05, 3.63) is 59.7 Å². The molecule has 0 heteroatoms. The van der Waals surface area contributed by atoms with Crippen molar-refractivity contribution in [2.24, 2.45) is 0 Å². The minimum absolute atomic E-state index is 0.456. The van der Waals surface area contributed by atoms with Crippen molar-refractivity contribution in [3.63, 3.8) is 0 Å². The van der Waals surface area contributed by atoms with E-state index in [9.17, 15) is 0 Å². The van der Waals surface area contributed by atoms with Crippen LogP contribution in [0.1, 0.15) is 105 Å². The Morgan fingerprint density at radius 2 is 0.750 bits per heavy atom. The summed E-state index contributed by atoms with van der Waals surface area (Å²) in [6.45, 7) is 16.0. The Balaban J connectivity index is 0.000000442. The molecule has 0 saturated heterocycles. The molecule has 2 aromatic carbocycles. The number of benzene rings is 2. The van der Waals surface area contributed by atoms with Gasteiger partial charge in [0.1, 0.15) is 0 Å². The summed E-state index contributed by atoms with van der Waals surface area (Å²) in [5, 5.41) is 0. The van der Waals surface area contributed by atoms with Crippen molar-refractivity contribution < 1.29 is 0 Å². The van der Waals surface area contributed by atoms with E-state index in [2.05, 4.69) is 48.5 Å². The van der Waals surface area contributed by atoms with Gasteiger partial charge in [-0.2, -0.15) is 0 Å². The molecule has 0 nitrogen and oxygen atoms in total. The van der Waals surface area contributed by atoms with Crippen LogP contribution < -0.4 is 0 Å². The lowest BCUT2D eigenvalue weighted by molar-refractivity contribution is 0.299. The Kier molecular flexibility index (Phi) is 10.0. The predicted molar refractivity (Wildman–Crippen MR) is 128 cm³/mol. The average molecular weight is 381 g/mol. The van der Waals surface area contributed by atoms with Gasteiger partial charge in [-0.05, 0) is 47.9 Å². The molecule has 0 aliphatic heterocycles. The second-order valence-corrected chi connectivity index (χ2v) is 6.96. The normalized spacial score (nSPS) is 24.6. The van der Waals surface area contributed by atoms with Gasteiger partial charge in [-0.25, -0.2) is 0 Å². The van der Waals surface area contributed by atoms with E-state index in [4.69, 9.17) is 0 Å². The van der Waals surface area contributed by atoms with E-state index >= 15 is 0 Å². The van der Waals surface area contributed by atoms with Gasteiger partial charge in [-0.15, -0.1) is 0 Å². The van der Waals surface area contributed by atoms with Crippen LogP contribution in [-0.4, -0.2) is 0 Å². The second kappa shape index (κ2) is 11.4. The van der Waals surface area contributed by atoms with Crippen LogP contribution in [0, 0.1) is 0 Å². The van der Waals surface area contributed by atoms with Crippen molar-refractivity contribution >= 4 is 0 Å². The van der Waals surface area contributed by atoms with Gasteiger partial charge in [0.15, 0.2) is 0 Å². The van der Waals surface area contributed by atoms with E-state index in [0.29, 0.717) is 10.8 Å². The smallest absolute Gasteiger partial charge is 0.00562 e. The highest BCUT2D eigenvalue weighted by Gasteiger charge is 2.61. The Bertz CT molecular complexity index is 625. The highest BCUT2D eigenvalue weighted by molar-refractivity contribution is 5.78. The molecule has 0 spiro atoms. The molecule has 28 heavy (non-hydrogen) atoms. The Hall–Kier alpha value is -1.56. The first-order valence-corrected chi connectivity index (χ1v) is 12.1. The zero-order valence-electron chi connectivity index (χ0n) is 19.9. The highest BCUT2D eigenvalue weighted by atomic mass is 14.6. The van der Waals surface area contributed by atoms with Crippen LogP contribution in [-0.2, 0) is 10.8 Å². The molecule has 3 aliphatic rings. The minimum Gasteiger partial charge on any atom is -0.0683 e. The second-order valence-electron chi connectivity index (χ2n) is 6.96. The maximum Gasteiger partial charge on any atom is 0.00562 e. The van der Waals surface area contributed by atoms with E-state index < -0.39 is 0 Å². The zero-order valence-corrected chi connectivity index (χ0v) is 19.9. The van der Waals surface area contributed by atoms with Crippen molar-refractivity contribution in [2.75, 3.05) is 0 Å². The first-order valence-electron chi connectivity index (χ1n) is 12.1. The van der Waals surface area contributed by atoms with Gasteiger partial charge < -0.3 is 0 Å². The van der Waals surface area contributed by atoms with Gasteiger partial charge in [0.2, 0.25) is 0 Å². The lowest BCUT2D eigenvalue weighted by atomic mass is 9.55. The maximum atomic E-state index is 2.43. The average Bonchev–Trinajstić information content (AvgIpc) is 3.38. The van der Waals surface area contributed by atoms with Crippen molar-refractivity contribution in [1.82, 2.24) is 0 Å². The largest absolute Gasteiger partial charge is 0.0683 e. The standard InChI is InChI=1S/C20H20.4C2H6/c1-3-9-17-15(7-1)16-8-2-4-10-18(16)20-13-5-11-19(17,20)12-6-14-20;4*1-2/h1-4,7-10H,5-6,11-14H2;4*1-2H3. The molecular weight excluding hydrogens is 336 g/mol. The van der Waals surface area contributed by atoms with Crippen LogP contribution >= 0.6 is 0 Å². The van der Waals surface area contributed by atoms with E-state index in [1.54, 1.807) is 11.1 Å². The summed E-state index contributed by atoms with van der Waals surface area (Å²) in [6.07, 6.45) is 8.42. The molecule has 156 valence electrons. The summed E-state index contributed by atoms with van der Waals surface area (Å²) < 4.78 is 0. The highest BCUT2D eigenvalue weighted by Crippen LogP contribution is 2.68. The van der Waals surface area contributed by atoms with E-state index in [0.717, 1.165) is 0 Å². The maximum absolute atomic E-state index is 2.43. The van der Waals surface area contributed by atoms with Gasteiger partial charge in [0.05, 0.1) is 0 Å². The molecular formula is C28H44. The third-order valence-electron chi connectivity index (χ3n) is 6.51. The van der Waals surface area contributed by atoms with Gasteiger partial charge in [0, 0.05) is 10.8 Å². The molecule has 0 heterocycles. The lowest BCUT2D eigenvalue weighted by Gasteiger charge is -2.47. The Labute approximate surface area is 175 Å². The zero-order chi connectivity index (χ0) is 21.2. The quantitative estimate of drug-likeness (QED) is 0.427. The van der Waals surface area contributed by atoms with E-state index in [1.165, 1.54) is 49.7 Å². The topological polar surface area (TPSA) is 0 Å². The molecule has 0 unspecified atom stereocenters.